The minimum Gasteiger partial charge on any atom is -0.316 e. The molecule has 2 rings (SSSR count). The Balaban J connectivity index is 2.20. The molecule has 0 radical (unpaired) electrons. The standard InChI is InChI=1S/C13H22ClN3/c1-4-6-13(8-15-9-13)7-11-12(14)10(5-2)16-17(11)3/h15H,4-9H2,1-3H3. The van der Waals surface area contributed by atoms with E-state index in [-0.39, 0.29) is 0 Å². The van der Waals surface area contributed by atoms with Crippen LogP contribution in [-0.4, -0.2) is 22.9 Å². The van der Waals surface area contributed by atoms with Crippen molar-refractivity contribution in [2.75, 3.05) is 13.1 Å². The van der Waals surface area contributed by atoms with Gasteiger partial charge < -0.3 is 5.32 Å². The Kier molecular flexibility index (Phi) is 3.79. The highest BCUT2D eigenvalue weighted by Crippen LogP contribution is 2.35. The largest absolute Gasteiger partial charge is 0.316 e. The van der Waals surface area contributed by atoms with Crippen molar-refractivity contribution in [3.63, 3.8) is 0 Å². The lowest BCUT2D eigenvalue weighted by Gasteiger charge is -2.43. The number of aromatic nitrogens is 2. The quantitative estimate of drug-likeness (QED) is 0.877. The van der Waals surface area contributed by atoms with Crippen LogP contribution in [-0.2, 0) is 19.9 Å². The predicted molar refractivity (Wildman–Crippen MR) is 71.5 cm³/mol. The van der Waals surface area contributed by atoms with Crippen molar-refractivity contribution in [3.05, 3.63) is 16.4 Å². The highest BCUT2D eigenvalue weighted by Gasteiger charge is 2.37. The smallest absolute Gasteiger partial charge is 0.0849 e. The molecule has 1 aliphatic rings. The molecule has 1 fully saturated rings. The van der Waals surface area contributed by atoms with E-state index >= 15 is 0 Å². The molecule has 3 nitrogen and oxygen atoms in total. The lowest BCUT2D eigenvalue weighted by Crippen LogP contribution is -2.54. The van der Waals surface area contributed by atoms with Crippen molar-refractivity contribution in [2.45, 2.75) is 39.5 Å². The molecule has 1 N–H and O–H groups in total. The summed E-state index contributed by atoms with van der Waals surface area (Å²) < 4.78 is 1.97. The summed E-state index contributed by atoms with van der Waals surface area (Å²) in [5.74, 6) is 0. The summed E-state index contributed by atoms with van der Waals surface area (Å²) in [6.07, 6.45) is 4.46. The summed E-state index contributed by atoms with van der Waals surface area (Å²) in [6, 6.07) is 0. The first-order valence-corrected chi connectivity index (χ1v) is 6.90. The molecular weight excluding hydrogens is 234 g/mol. The molecule has 2 heterocycles. The Morgan fingerprint density at radius 1 is 1.41 bits per heavy atom. The zero-order valence-electron chi connectivity index (χ0n) is 11.0. The number of halogens is 1. The summed E-state index contributed by atoms with van der Waals surface area (Å²) >= 11 is 6.41. The molecule has 4 heteroatoms. The van der Waals surface area contributed by atoms with E-state index in [1.807, 2.05) is 11.7 Å². The lowest BCUT2D eigenvalue weighted by molar-refractivity contribution is 0.147. The van der Waals surface area contributed by atoms with Crippen LogP contribution in [0.15, 0.2) is 0 Å². The lowest BCUT2D eigenvalue weighted by atomic mass is 9.74. The topological polar surface area (TPSA) is 29.9 Å². The van der Waals surface area contributed by atoms with Crippen LogP contribution in [0, 0.1) is 5.41 Å². The van der Waals surface area contributed by atoms with Gasteiger partial charge in [-0.05, 0) is 19.3 Å². The highest BCUT2D eigenvalue weighted by atomic mass is 35.5. The van der Waals surface area contributed by atoms with Gasteiger partial charge in [-0.1, -0.05) is 31.9 Å². The first-order chi connectivity index (χ1) is 8.12. The molecule has 0 amide bonds. The van der Waals surface area contributed by atoms with Crippen LogP contribution >= 0.6 is 11.6 Å². The number of rotatable bonds is 5. The fourth-order valence-corrected chi connectivity index (χ4v) is 3.13. The Morgan fingerprint density at radius 3 is 2.53 bits per heavy atom. The SMILES string of the molecule is CCCC1(Cc2c(Cl)c(CC)nn2C)CNC1. The first kappa shape index (κ1) is 12.9. The molecule has 17 heavy (non-hydrogen) atoms. The Labute approximate surface area is 109 Å². The van der Waals surface area contributed by atoms with Crippen molar-refractivity contribution >= 4 is 11.6 Å². The van der Waals surface area contributed by atoms with E-state index < -0.39 is 0 Å². The van der Waals surface area contributed by atoms with Gasteiger partial charge in [0, 0.05) is 25.6 Å². The van der Waals surface area contributed by atoms with Gasteiger partial charge >= 0.3 is 0 Å². The molecule has 0 unspecified atom stereocenters. The summed E-state index contributed by atoms with van der Waals surface area (Å²) in [6.45, 7) is 6.58. The maximum Gasteiger partial charge on any atom is 0.0849 e. The maximum atomic E-state index is 6.41. The zero-order chi connectivity index (χ0) is 12.5. The minimum atomic E-state index is 0.414. The third-order valence-corrected chi connectivity index (χ3v) is 4.26. The molecule has 0 bridgehead atoms. The van der Waals surface area contributed by atoms with E-state index in [0.717, 1.165) is 36.6 Å². The third kappa shape index (κ3) is 2.36. The Hall–Kier alpha value is -0.540. The molecule has 0 spiro atoms. The highest BCUT2D eigenvalue weighted by molar-refractivity contribution is 6.31. The van der Waals surface area contributed by atoms with E-state index in [9.17, 15) is 0 Å². The van der Waals surface area contributed by atoms with Gasteiger partial charge in [-0.2, -0.15) is 5.10 Å². The third-order valence-electron chi connectivity index (χ3n) is 3.83. The maximum absolute atomic E-state index is 6.41. The second-order valence-corrected chi connectivity index (χ2v) is 5.59. The van der Waals surface area contributed by atoms with E-state index in [1.54, 1.807) is 0 Å². The van der Waals surface area contributed by atoms with Crippen molar-refractivity contribution in [2.24, 2.45) is 12.5 Å². The summed E-state index contributed by atoms with van der Waals surface area (Å²) in [4.78, 5) is 0. The minimum absolute atomic E-state index is 0.414. The van der Waals surface area contributed by atoms with Crippen molar-refractivity contribution < 1.29 is 0 Å². The van der Waals surface area contributed by atoms with Gasteiger partial charge in [0.1, 0.15) is 0 Å². The Morgan fingerprint density at radius 2 is 2.12 bits per heavy atom. The van der Waals surface area contributed by atoms with Gasteiger partial charge in [0.15, 0.2) is 0 Å². The zero-order valence-corrected chi connectivity index (χ0v) is 11.8. The van der Waals surface area contributed by atoms with Crippen LogP contribution in [0.2, 0.25) is 5.02 Å². The number of hydrogen-bond acceptors (Lipinski definition) is 2. The predicted octanol–water partition coefficient (Wildman–Crippen LogP) is 2.57. The normalized spacial score (nSPS) is 18.1. The van der Waals surface area contributed by atoms with E-state index in [0.29, 0.717) is 5.41 Å². The molecule has 1 saturated heterocycles. The van der Waals surface area contributed by atoms with Crippen LogP contribution in [0.4, 0.5) is 0 Å². The van der Waals surface area contributed by atoms with E-state index in [2.05, 4.69) is 24.3 Å². The van der Waals surface area contributed by atoms with Crippen LogP contribution in [0.3, 0.4) is 0 Å². The molecule has 96 valence electrons. The van der Waals surface area contributed by atoms with Gasteiger partial charge in [0.25, 0.3) is 0 Å². The summed E-state index contributed by atoms with van der Waals surface area (Å²) in [5.41, 5.74) is 2.65. The molecule has 0 aliphatic carbocycles. The number of nitrogens with zero attached hydrogens (tertiary/aromatic N) is 2. The average molecular weight is 256 g/mol. The van der Waals surface area contributed by atoms with Gasteiger partial charge in [-0.25, -0.2) is 0 Å². The molecule has 0 aromatic carbocycles. The van der Waals surface area contributed by atoms with Gasteiger partial charge in [0.05, 0.1) is 16.4 Å². The van der Waals surface area contributed by atoms with Gasteiger partial charge in [0.2, 0.25) is 0 Å². The molecule has 1 aromatic rings. The second kappa shape index (κ2) is 4.99. The number of hydrogen-bond donors (Lipinski definition) is 1. The fourth-order valence-electron chi connectivity index (χ4n) is 2.77. The summed E-state index contributed by atoms with van der Waals surface area (Å²) in [7, 11) is 2.01. The fraction of sp³-hybridized carbons (Fsp3) is 0.769. The Bertz CT molecular complexity index is 394. The van der Waals surface area contributed by atoms with Crippen molar-refractivity contribution in [1.29, 1.82) is 0 Å². The first-order valence-electron chi connectivity index (χ1n) is 6.53. The second-order valence-electron chi connectivity index (χ2n) is 5.21. The number of nitrogens with one attached hydrogen (secondary N) is 1. The van der Waals surface area contributed by atoms with Crippen molar-refractivity contribution in [1.82, 2.24) is 15.1 Å². The van der Waals surface area contributed by atoms with Crippen LogP contribution in [0.25, 0.3) is 0 Å². The van der Waals surface area contributed by atoms with Crippen LogP contribution < -0.4 is 5.32 Å². The molecule has 1 aliphatic heterocycles. The monoisotopic (exact) mass is 255 g/mol. The molecule has 1 aromatic heterocycles. The van der Waals surface area contributed by atoms with E-state index in [1.165, 1.54) is 18.5 Å². The van der Waals surface area contributed by atoms with Crippen LogP contribution in [0.1, 0.15) is 38.1 Å². The molecular formula is C13H22ClN3. The van der Waals surface area contributed by atoms with Crippen molar-refractivity contribution in [3.8, 4) is 0 Å². The summed E-state index contributed by atoms with van der Waals surface area (Å²) in [5, 5.41) is 8.78. The van der Waals surface area contributed by atoms with Gasteiger partial charge in [-0.15, -0.1) is 0 Å². The molecule has 0 atom stereocenters. The van der Waals surface area contributed by atoms with E-state index in [4.69, 9.17) is 11.6 Å². The average Bonchev–Trinajstić information content (AvgIpc) is 2.53. The molecule has 0 saturated carbocycles. The van der Waals surface area contributed by atoms with Crippen LogP contribution in [0.5, 0.6) is 0 Å². The van der Waals surface area contributed by atoms with Gasteiger partial charge in [-0.3, -0.25) is 4.68 Å². The number of aryl methyl sites for hydroxylation is 2.